The Morgan fingerprint density at radius 3 is 2.61 bits per heavy atom. The Labute approximate surface area is 136 Å². The van der Waals surface area contributed by atoms with Crippen LogP contribution in [0.5, 0.6) is 11.5 Å². The van der Waals surface area contributed by atoms with Gasteiger partial charge < -0.3 is 19.7 Å². The van der Waals surface area contributed by atoms with Gasteiger partial charge >= 0.3 is 6.61 Å². The summed E-state index contributed by atoms with van der Waals surface area (Å²) >= 11 is 0. The summed E-state index contributed by atoms with van der Waals surface area (Å²) in [5.74, 6) is 1.28. The van der Waals surface area contributed by atoms with E-state index in [1.807, 2.05) is 32.8 Å². The van der Waals surface area contributed by atoms with Crippen molar-refractivity contribution < 1.29 is 18.3 Å². The summed E-state index contributed by atoms with van der Waals surface area (Å²) in [5, 5.41) is 3.11. The van der Waals surface area contributed by atoms with Crippen LogP contribution in [0.15, 0.2) is 23.2 Å². The fraction of sp³-hybridized carbons (Fsp3) is 0.562. The first-order valence-electron chi connectivity index (χ1n) is 7.64. The molecule has 0 radical (unpaired) electrons. The van der Waals surface area contributed by atoms with Gasteiger partial charge in [0.25, 0.3) is 0 Å². The number of nitrogens with zero attached hydrogens (tertiary/aromatic N) is 2. The minimum Gasteiger partial charge on any atom is -0.493 e. The summed E-state index contributed by atoms with van der Waals surface area (Å²) in [6.07, 6.45) is 0.839. The van der Waals surface area contributed by atoms with Crippen LogP contribution in [0.4, 0.5) is 8.78 Å². The van der Waals surface area contributed by atoms with E-state index in [-0.39, 0.29) is 12.3 Å². The van der Waals surface area contributed by atoms with Crippen LogP contribution in [-0.4, -0.2) is 44.7 Å². The van der Waals surface area contributed by atoms with E-state index < -0.39 is 6.61 Å². The van der Waals surface area contributed by atoms with Crippen LogP contribution >= 0.6 is 0 Å². The standard InChI is InChI=1S/C16H25F2N3O2/c1-5-9-22-13-8-7-12(14(10-13)23-15(17)18)11-20-16(19-6-2)21(3)4/h7-8,10,15H,5-6,9,11H2,1-4H3,(H,19,20). The van der Waals surface area contributed by atoms with Gasteiger partial charge in [0.05, 0.1) is 13.2 Å². The molecule has 0 fully saturated rings. The van der Waals surface area contributed by atoms with Gasteiger partial charge in [-0.1, -0.05) is 6.92 Å². The second-order valence-electron chi connectivity index (χ2n) is 5.06. The third kappa shape index (κ3) is 6.71. The number of nitrogens with one attached hydrogen (secondary N) is 1. The van der Waals surface area contributed by atoms with Gasteiger partial charge in [0.2, 0.25) is 0 Å². The first-order chi connectivity index (χ1) is 11.0. The lowest BCUT2D eigenvalue weighted by Crippen LogP contribution is -2.36. The maximum absolute atomic E-state index is 12.6. The first kappa shape index (κ1) is 19.0. The lowest BCUT2D eigenvalue weighted by atomic mass is 10.2. The SMILES string of the molecule is CCCOc1ccc(CN=C(NCC)N(C)C)c(OC(F)F)c1. The summed E-state index contributed by atoms with van der Waals surface area (Å²) in [7, 11) is 3.72. The molecule has 0 aliphatic heterocycles. The van der Waals surface area contributed by atoms with Crippen LogP contribution in [0.3, 0.4) is 0 Å². The predicted molar refractivity (Wildman–Crippen MR) is 87.4 cm³/mol. The van der Waals surface area contributed by atoms with Gasteiger partial charge in [-0.2, -0.15) is 8.78 Å². The number of hydrogen-bond acceptors (Lipinski definition) is 3. The zero-order valence-electron chi connectivity index (χ0n) is 14.1. The Morgan fingerprint density at radius 2 is 2.04 bits per heavy atom. The highest BCUT2D eigenvalue weighted by atomic mass is 19.3. The van der Waals surface area contributed by atoms with Gasteiger partial charge in [-0.15, -0.1) is 0 Å². The molecular formula is C16H25F2N3O2. The molecule has 0 saturated heterocycles. The fourth-order valence-corrected chi connectivity index (χ4v) is 1.85. The Hall–Kier alpha value is -2.05. The van der Waals surface area contributed by atoms with E-state index in [4.69, 9.17) is 4.74 Å². The Kier molecular flexibility index (Phi) is 8.15. The number of benzene rings is 1. The van der Waals surface area contributed by atoms with Crippen LogP contribution in [0.25, 0.3) is 0 Å². The van der Waals surface area contributed by atoms with Crippen LogP contribution in [0.2, 0.25) is 0 Å². The maximum Gasteiger partial charge on any atom is 0.387 e. The molecule has 0 heterocycles. The van der Waals surface area contributed by atoms with Crippen molar-refractivity contribution in [3.63, 3.8) is 0 Å². The van der Waals surface area contributed by atoms with E-state index in [9.17, 15) is 8.78 Å². The van der Waals surface area contributed by atoms with Gasteiger partial charge in [-0.3, -0.25) is 0 Å². The zero-order chi connectivity index (χ0) is 17.2. The van der Waals surface area contributed by atoms with Gasteiger partial charge in [-0.05, 0) is 25.5 Å². The van der Waals surface area contributed by atoms with E-state index in [1.165, 1.54) is 6.07 Å². The van der Waals surface area contributed by atoms with Crippen LogP contribution in [0, 0.1) is 0 Å². The van der Waals surface area contributed by atoms with Crippen molar-refractivity contribution in [1.82, 2.24) is 10.2 Å². The average molecular weight is 329 g/mol. The highest BCUT2D eigenvalue weighted by molar-refractivity contribution is 5.79. The van der Waals surface area contributed by atoms with Gasteiger partial charge in [0.15, 0.2) is 5.96 Å². The second kappa shape index (κ2) is 9.86. The molecule has 1 N–H and O–H groups in total. The molecule has 0 bridgehead atoms. The molecule has 0 aliphatic rings. The van der Waals surface area contributed by atoms with E-state index in [0.717, 1.165) is 13.0 Å². The van der Waals surface area contributed by atoms with Crippen LogP contribution < -0.4 is 14.8 Å². The van der Waals surface area contributed by atoms with E-state index in [2.05, 4.69) is 15.0 Å². The quantitative estimate of drug-likeness (QED) is 0.588. The molecular weight excluding hydrogens is 304 g/mol. The summed E-state index contributed by atoms with van der Waals surface area (Å²) in [4.78, 5) is 6.24. The van der Waals surface area contributed by atoms with E-state index in [0.29, 0.717) is 23.9 Å². The molecule has 0 aliphatic carbocycles. The van der Waals surface area contributed by atoms with Gasteiger partial charge in [-0.25, -0.2) is 4.99 Å². The van der Waals surface area contributed by atoms with Crippen molar-refractivity contribution in [3.05, 3.63) is 23.8 Å². The van der Waals surface area contributed by atoms with Crippen molar-refractivity contribution in [2.24, 2.45) is 4.99 Å². The third-order valence-corrected chi connectivity index (χ3v) is 2.89. The normalized spacial score (nSPS) is 11.5. The Balaban J connectivity index is 2.96. The molecule has 7 heteroatoms. The first-order valence-corrected chi connectivity index (χ1v) is 7.64. The molecule has 0 saturated carbocycles. The molecule has 0 unspecified atom stereocenters. The van der Waals surface area contributed by atoms with Crippen molar-refractivity contribution >= 4 is 5.96 Å². The highest BCUT2D eigenvalue weighted by Crippen LogP contribution is 2.27. The number of rotatable bonds is 8. The maximum atomic E-state index is 12.6. The van der Waals surface area contributed by atoms with Crippen LogP contribution in [0.1, 0.15) is 25.8 Å². The molecule has 0 atom stereocenters. The molecule has 130 valence electrons. The highest BCUT2D eigenvalue weighted by Gasteiger charge is 2.12. The molecule has 1 aromatic carbocycles. The van der Waals surface area contributed by atoms with Crippen molar-refractivity contribution in [3.8, 4) is 11.5 Å². The minimum absolute atomic E-state index is 0.0898. The zero-order valence-corrected chi connectivity index (χ0v) is 14.1. The summed E-state index contributed by atoms with van der Waals surface area (Å²) in [5.41, 5.74) is 0.575. The van der Waals surface area contributed by atoms with E-state index in [1.54, 1.807) is 12.1 Å². The largest absolute Gasteiger partial charge is 0.493 e. The smallest absolute Gasteiger partial charge is 0.387 e. The molecule has 0 amide bonds. The number of alkyl halides is 2. The summed E-state index contributed by atoms with van der Waals surface area (Å²) in [6.45, 7) is 2.53. The summed E-state index contributed by atoms with van der Waals surface area (Å²) < 4.78 is 35.3. The molecule has 1 rings (SSSR count). The number of guanidine groups is 1. The molecule has 1 aromatic rings. The van der Waals surface area contributed by atoms with Crippen molar-refractivity contribution in [2.75, 3.05) is 27.2 Å². The second-order valence-corrected chi connectivity index (χ2v) is 5.06. The Bertz CT molecular complexity index is 508. The molecule has 5 nitrogen and oxygen atoms in total. The average Bonchev–Trinajstić information content (AvgIpc) is 2.49. The number of aliphatic imine (C=N–C) groups is 1. The topological polar surface area (TPSA) is 46.1 Å². The number of hydrogen-bond donors (Lipinski definition) is 1. The van der Waals surface area contributed by atoms with Gasteiger partial charge in [0, 0.05) is 32.3 Å². The fourth-order valence-electron chi connectivity index (χ4n) is 1.85. The monoisotopic (exact) mass is 329 g/mol. The van der Waals surface area contributed by atoms with Crippen molar-refractivity contribution in [1.29, 1.82) is 0 Å². The summed E-state index contributed by atoms with van der Waals surface area (Å²) in [6, 6.07) is 4.92. The Morgan fingerprint density at radius 1 is 1.30 bits per heavy atom. The number of ether oxygens (including phenoxy) is 2. The molecule has 0 aromatic heterocycles. The molecule has 0 spiro atoms. The predicted octanol–water partition coefficient (Wildman–Crippen LogP) is 3.10. The molecule has 23 heavy (non-hydrogen) atoms. The third-order valence-electron chi connectivity index (χ3n) is 2.89. The lowest BCUT2D eigenvalue weighted by Gasteiger charge is -2.17. The van der Waals surface area contributed by atoms with Crippen molar-refractivity contribution in [2.45, 2.75) is 33.4 Å². The lowest BCUT2D eigenvalue weighted by molar-refractivity contribution is -0.0505. The van der Waals surface area contributed by atoms with Gasteiger partial charge in [0.1, 0.15) is 11.5 Å². The number of halogens is 2. The van der Waals surface area contributed by atoms with E-state index >= 15 is 0 Å². The van der Waals surface area contributed by atoms with Crippen LogP contribution in [-0.2, 0) is 6.54 Å². The minimum atomic E-state index is -2.89.